The van der Waals surface area contributed by atoms with Gasteiger partial charge in [0, 0.05) is 35.2 Å². The van der Waals surface area contributed by atoms with E-state index in [0.29, 0.717) is 0 Å². The van der Waals surface area contributed by atoms with Crippen LogP contribution in [0.5, 0.6) is 0 Å². The first-order chi connectivity index (χ1) is 15.2. The molecule has 2 aromatic carbocycles. The summed E-state index contributed by atoms with van der Waals surface area (Å²) in [6.07, 6.45) is 6.58. The van der Waals surface area contributed by atoms with E-state index in [4.69, 9.17) is 13.0 Å². The van der Waals surface area contributed by atoms with E-state index in [-0.39, 0.29) is 29.4 Å². The maximum Gasteiger partial charge on any atom is 0.485 e. The second-order valence-corrected chi connectivity index (χ2v) is 9.63. The zero-order valence-electron chi connectivity index (χ0n) is 19.0. The highest BCUT2D eigenvalue weighted by atomic mass is 127. The van der Waals surface area contributed by atoms with Crippen molar-refractivity contribution in [3.05, 3.63) is 78.0 Å². The number of hydrogen-bond donors (Lipinski definition) is 0. The van der Waals surface area contributed by atoms with E-state index < -0.39 is 15.6 Å². The summed E-state index contributed by atoms with van der Waals surface area (Å²) < 4.78 is 63.4. The molecule has 0 aliphatic carbocycles. The van der Waals surface area contributed by atoms with Gasteiger partial charge in [-0.05, 0) is 43.7 Å². The summed E-state index contributed by atoms with van der Waals surface area (Å²) >= 11 is 0. The van der Waals surface area contributed by atoms with Crippen molar-refractivity contribution < 1.29 is 59.3 Å². The predicted molar refractivity (Wildman–Crippen MR) is 120 cm³/mol. The minimum absolute atomic E-state index is 0. The van der Waals surface area contributed by atoms with Crippen LogP contribution in [0.2, 0.25) is 0 Å². The number of alkyl halides is 3. The lowest BCUT2D eigenvalue weighted by Gasteiger charge is -2.15. The third kappa shape index (κ3) is 5.66. The monoisotopic (exact) mass is 604 g/mol. The Hall–Kier alpha value is -2.31. The highest BCUT2D eigenvalue weighted by molar-refractivity contribution is 7.86. The molecule has 3 aromatic rings. The number of hydrogen-bond acceptors (Lipinski definition) is 3. The van der Waals surface area contributed by atoms with E-state index in [9.17, 15) is 13.2 Å². The fourth-order valence-corrected chi connectivity index (χ4v) is 3.96. The number of halogens is 4. The van der Waals surface area contributed by atoms with Gasteiger partial charge in [0.15, 0.2) is 22.0 Å². The highest BCUT2D eigenvalue weighted by Crippen LogP contribution is 2.39. The number of aromatic nitrogens is 1. The van der Waals surface area contributed by atoms with Gasteiger partial charge in [0.25, 0.3) is 0 Å². The molecule has 0 atom stereocenters. The first kappa shape index (κ1) is 27.9. The van der Waals surface area contributed by atoms with E-state index in [1.807, 2.05) is 0 Å². The molecule has 0 spiro atoms. The van der Waals surface area contributed by atoms with Crippen LogP contribution >= 0.6 is 0 Å². The Bertz CT molecular complexity index is 1380. The quantitative estimate of drug-likeness (QED) is 0.193. The zero-order chi connectivity index (χ0) is 24.6. The summed E-state index contributed by atoms with van der Waals surface area (Å²) in [7, 11) is -1.85. The van der Waals surface area contributed by atoms with Gasteiger partial charge in [0.1, 0.15) is 14.1 Å². The van der Waals surface area contributed by atoms with Crippen molar-refractivity contribution in [3.63, 3.8) is 0 Å². The fourth-order valence-electron chi connectivity index (χ4n) is 3.96. The third-order valence-corrected chi connectivity index (χ3v) is 6.24. The van der Waals surface area contributed by atoms with E-state index >= 15 is 0 Å². The molecule has 0 amide bonds. The Kier molecular flexibility index (Phi) is 8.32. The molecular weight excluding hydrogens is 580 g/mol. The molecule has 0 fully saturated rings. The Morgan fingerprint density at radius 1 is 0.971 bits per heavy atom. The largest absolute Gasteiger partial charge is 1.00 e. The molecule has 0 bridgehead atoms. The van der Waals surface area contributed by atoms with Crippen molar-refractivity contribution in [1.29, 1.82) is 0 Å². The van der Waals surface area contributed by atoms with Crippen molar-refractivity contribution in [2.75, 3.05) is 7.05 Å². The molecule has 1 aliphatic heterocycles. The van der Waals surface area contributed by atoms with E-state index in [1.165, 1.54) is 33.4 Å². The van der Waals surface area contributed by atoms with E-state index in [1.54, 1.807) is 0 Å². The lowest BCUT2D eigenvalue weighted by atomic mass is 9.81. The van der Waals surface area contributed by atoms with Gasteiger partial charge in [0.05, 0.1) is 5.41 Å². The summed E-state index contributed by atoms with van der Waals surface area (Å²) in [4.78, 5) is 0. The summed E-state index contributed by atoms with van der Waals surface area (Å²) in [6, 6.07) is 19.6. The van der Waals surface area contributed by atoms with Crippen LogP contribution in [-0.2, 0) is 22.6 Å². The molecule has 0 saturated carbocycles. The zero-order valence-corrected chi connectivity index (χ0v) is 21.9. The number of benzene rings is 2. The maximum absolute atomic E-state index is 10.7. The number of rotatable bonds is 2. The van der Waals surface area contributed by atoms with Crippen LogP contribution in [0.3, 0.4) is 0 Å². The van der Waals surface area contributed by atoms with Crippen LogP contribution in [0.25, 0.3) is 17.0 Å². The minimum atomic E-state index is -6.09. The van der Waals surface area contributed by atoms with Crippen molar-refractivity contribution >= 4 is 38.5 Å². The van der Waals surface area contributed by atoms with E-state index in [2.05, 4.69) is 110 Å². The number of fused-ring (bicyclic) bond motifs is 2. The van der Waals surface area contributed by atoms with Gasteiger partial charge in [-0.15, -0.1) is 0 Å². The molecule has 0 N–H and O–H groups in total. The van der Waals surface area contributed by atoms with Crippen molar-refractivity contribution in [2.45, 2.75) is 24.8 Å². The molecule has 10 heteroatoms. The smallest absolute Gasteiger partial charge is 0.485 e. The number of para-hydroxylation sites is 1. The van der Waals surface area contributed by atoms with E-state index in [0.717, 1.165) is 0 Å². The van der Waals surface area contributed by atoms with Gasteiger partial charge in [-0.1, -0.05) is 18.2 Å². The van der Waals surface area contributed by atoms with Gasteiger partial charge in [-0.25, -0.2) is 13.0 Å². The second-order valence-electron chi connectivity index (χ2n) is 8.26. The second kappa shape index (κ2) is 10.1. The Balaban J connectivity index is 0.000000394. The summed E-state index contributed by atoms with van der Waals surface area (Å²) in [5, 5.41) is 1.26. The Morgan fingerprint density at radius 3 is 2.18 bits per heavy atom. The number of nitrogens with zero attached hydrogens (tertiary/aromatic N) is 2. The lowest BCUT2D eigenvalue weighted by Crippen LogP contribution is -3.00. The van der Waals surface area contributed by atoms with Crippen molar-refractivity contribution in [2.24, 2.45) is 7.05 Å². The van der Waals surface area contributed by atoms with Crippen LogP contribution in [0.4, 0.5) is 18.9 Å². The molecule has 182 valence electrons. The van der Waals surface area contributed by atoms with Crippen LogP contribution < -0.4 is 28.5 Å². The fraction of sp³-hybridized carbons (Fsp3) is 0.250. The van der Waals surface area contributed by atoms with Crippen molar-refractivity contribution in [1.82, 2.24) is 0 Å². The van der Waals surface area contributed by atoms with Crippen LogP contribution in [0, 0.1) is 0 Å². The molecule has 1 aliphatic rings. The number of pyridine rings is 1. The van der Waals surface area contributed by atoms with Gasteiger partial charge in [-0.3, -0.25) is 0 Å². The lowest BCUT2D eigenvalue weighted by molar-refractivity contribution is -0.644. The van der Waals surface area contributed by atoms with Gasteiger partial charge < -0.3 is 28.5 Å². The molecule has 1 aromatic heterocycles. The molecule has 34 heavy (non-hydrogen) atoms. The maximum atomic E-state index is 10.7. The van der Waals surface area contributed by atoms with Crippen LogP contribution in [0.1, 0.15) is 25.0 Å². The topological polar surface area (TPSA) is 64.1 Å². The minimum Gasteiger partial charge on any atom is -1.00 e. The molecule has 2 heterocycles. The Labute approximate surface area is 214 Å². The van der Waals surface area contributed by atoms with Gasteiger partial charge >= 0.3 is 5.51 Å². The molecule has 4 rings (SSSR count). The molecule has 5 nitrogen and oxygen atoms in total. The predicted octanol–water partition coefficient (Wildman–Crippen LogP) is 1.44. The van der Waals surface area contributed by atoms with Gasteiger partial charge in [0.2, 0.25) is 11.2 Å². The van der Waals surface area contributed by atoms with Crippen LogP contribution in [0.15, 0.2) is 66.9 Å². The van der Waals surface area contributed by atoms with Gasteiger partial charge in [-0.2, -0.15) is 17.7 Å². The third-order valence-electron chi connectivity index (χ3n) is 5.67. The molecule has 0 saturated heterocycles. The van der Waals surface area contributed by atoms with Crippen LogP contribution in [-0.4, -0.2) is 35.8 Å². The molecule has 0 unspecified atom stereocenters. The van der Waals surface area contributed by atoms with Crippen molar-refractivity contribution in [3.8, 4) is 0 Å². The number of allylic oxidation sites excluding steroid dienone is 1. The Morgan fingerprint density at radius 2 is 1.59 bits per heavy atom. The average Bonchev–Trinajstić information content (AvgIpc) is 2.91. The normalized spacial score (nSPS) is 15.1. The average molecular weight is 604 g/mol. The standard InChI is InChI=1S/C23H24N2.CHF3O3S.HI/c1-23(2)19-9-5-6-10-21(19)25(4)22(23)14-12-17-11-13-20-18(16-17)8-7-15-24(20)3;2-1(3,4)8(5,6)7;/h5-16H,1-4H3;(H,5,6,7);1H/q+2;;/p-2. The SMILES string of the molecule is C[N+]1=C(C=Cc2ccc3c(ccc[n+]3C)c2)C(C)(C)c2ccccc21.O=S(=O)([O-])C(F)(F)F.[I-]. The highest BCUT2D eigenvalue weighted by Gasteiger charge is 2.42. The summed E-state index contributed by atoms with van der Waals surface area (Å²) in [5.41, 5.74) is 0.871. The first-order valence-corrected chi connectivity index (χ1v) is 11.4. The summed E-state index contributed by atoms with van der Waals surface area (Å²) in [6.45, 7) is 4.60. The number of aryl methyl sites for hydroxylation is 1. The molecule has 0 radical (unpaired) electrons. The summed E-state index contributed by atoms with van der Waals surface area (Å²) in [5.74, 6) is 0. The molecular formula is C24H24F3IN2O3S. The first-order valence-electron chi connectivity index (χ1n) is 10.0.